The van der Waals surface area contributed by atoms with Crippen molar-refractivity contribution in [3.63, 3.8) is 0 Å². The highest BCUT2D eigenvalue weighted by Crippen LogP contribution is 2.59. The van der Waals surface area contributed by atoms with Gasteiger partial charge in [-0.1, -0.05) is 66.7 Å². The van der Waals surface area contributed by atoms with Gasteiger partial charge in [0, 0.05) is 10.9 Å². The van der Waals surface area contributed by atoms with Crippen LogP contribution in [0.15, 0.2) is 96.7 Å². The fourth-order valence-electron chi connectivity index (χ4n) is 3.11. The molecule has 1 amide bonds. The average Bonchev–Trinajstić information content (AvgIpc) is 2.80. The average molecular weight is 434 g/mol. The van der Waals surface area contributed by atoms with E-state index >= 15 is 0 Å². The zero-order chi connectivity index (χ0) is 22.3. The van der Waals surface area contributed by atoms with Crippen molar-refractivity contribution in [2.75, 3.05) is 6.61 Å². The topological polar surface area (TPSA) is 95.5 Å². The molecule has 0 aliphatic heterocycles. The molecule has 0 bridgehead atoms. The number of benzene rings is 3. The molecule has 0 saturated heterocycles. The number of hydrogen-bond donors (Lipinski definition) is 1. The van der Waals surface area contributed by atoms with E-state index in [1.807, 2.05) is 0 Å². The number of carbonyl (C=O) groups excluding carboxylic acids is 2. The van der Waals surface area contributed by atoms with Crippen molar-refractivity contribution >= 4 is 29.9 Å². The van der Waals surface area contributed by atoms with Gasteiger partial charge in [-0.3, -0.25) is 9.36 Å². The second-order valence-corrected chi connectivity index (χ2v) is 8.83. The number of carboxylic acid groups (broad SMARTS) is 1. The summed E-state index contributed by atoms with van der Waals surface area (Å²) in [6.45, 7) is 1.73. The lowest BCUT2D eigenvalue weighted by Crippen LogP contribution is -2.37. The minimum absolute atomic E-state index is 0.0649. The van der Waals surface area contributed by atoms with Gasteiger partial charge in [0.05, 0.1) is 23.6 Å². The molecule has 3 aromatic carbocycles. The third kappa shape index (κ3) is 5.00. The summed E-state index contributed by atoms with van der Waals surface area (Å²) in [6.07, 6.45) is 0. The molecule has 31 heavy (non-hydrogen) atoms. The first-order valence-electron chi connectivity index (χ1n) is 9.65. The van der Waals surface area contributed by atoms with Gasteiger partial charge in [-0.2, -0.15) is 0 Å². The summed E-state index contributed by atoms with van der Waals surface area (Å²) in [6, 6.07) is 24.8. The van der Waals surface area contributed by atoms with E-state index < -0.39 is 24.9 Å². The van der Waals surface area contributed by atoms with Gasteiger partial charge in [0.1, 0.15) is 0 Å². The Morgan fingerprint density at radius 3 is 1.81 bits per heavy atom. The molecule has 0 unspecified atom stereocenters. The van der Waals surface area contributed by atoms with E-state index in [-0.39, 0.29) is 17.5 Å². The van der Waals surface area contributed by atoms with Crippen molar-refractivity contribution in [1.29, 1.82) is 0 Å². The molecule has 1 atom stereocenters. The lowest BCUT2D eigenvalue weighted by molar-refractivity contribution is -0.299. The van der Waals surface area contributed by atoms with Crippen molar-refractivity contribution in [2.24, 2.45) is 0 Å². The molecule has 0 spiro atoms. The SMILES string of the molecule is CCO[P@](=O)(/C(=C(/NC(=O)c1ccccc1)C(=O)[O-])c1ccccc1)c1ccccc1. The molecule has 0 aliphatic carbocycles. The smallest absolute Gasteiger partial charge is 0.264 e. The number of amides is 1. The number of aliphatic carboxylic acids is 1. The minimum atomic E-state index is -3.92. The van der Waals surface area contributed by atoms with E-state index in [9.17, 15) is 19.3 Å². The Hall–Kier alpha value is -3.47. The zero-order valence-corrected chi connectivity index (χ0v) is 17.8. The number of nitrogens with one attached hydrogen (secondary N) is 1. The molecule has 0 saturated carbocycles. The minimum Gasteiger partial charge on any atom is -0.543 e. The van der Waals surface area contributed by atoms with E-state index in [1.54, 1.807) is 97.9 Å². The summed E-state index contributed by atoms with van der Waals surface area (Å²) < 4.78 is 20.0. The van der Waals surface area contributed by atoms with Crippen LogP contribution in [0.1, 0.15) is 22.8 Å². The van der Waals surface area contributed by atoms with Crippen LogP contribution in [0.3, 0.4) is 0 Å². The van der Waals surface area contributed by atoms with Gasteiger partial charge >= 0.3 is 0 Å². The van der Waals surface area contributed by atoms with Crippen LogP contribution in [0.4, 0.5) is 0 Å². The van der Waals surface area contributed by atoms with Crippen LogP contribution in [0.5, 0.6) is 0 Å². The molecule has 3 aromatic rings. The molecule has 1 N–H and O–H groups in total. The van der Waals surface area contributed by atoms with Crippen molar-refractivity contribution in [3.8, 4) is 0 Å². The molecule has 158 valence electrons. The highest BCUT2D eigenvalue weighted by Gasteiger charge is 2.35. The third-order valence-electron chi connectivity index (χ3n) is 4.46. The first-order valence-corrected chi connectivity index (χ1v) is 11.3. The van der Waals surface area contributed by atoms with Gasteiger partial charge in [0.15, 0.2) is 0 Å². The summed E-state index contributed by atoms with van der Waals surface area (Å²) in [5.41, 5.74) is -0.00370. The summed E-state index contributed by atoms with van der Waals surface area (Å²) in [7, 11) is -3.92. The predicted molar refractivity (Wildman–Crippen MR) is 118 cm³/mol. The van der Waals surface area contributed by atoms with Crippen molar-refractivity contribution in [1.82, 2.24) is 5.32 Å². The van der Waals surface area contributed by atoms with Crippen LogP contribution in [0, 0.1) is 0 Å². The van der Waals surface area contributed by atoms with Gasteiger partial charge in [0.2, 0.25) is 0 Å². The normalized spacial score (nSPS) is 13.6. The quantitative estimate of drug-likeness (QED) is 0.434. The van der Waals surface area contributed by atoms with Gasteiger partial charge < -0.3 is 19.7 Å². The summed E-state index contributed by atoms with van der Waals surface area (Å²) >= 11 is 0. The highest BCUT2D eigenvalue weighted by molar-refractivity contribution is 7.77. The van der Waals surface area contributed by atoms with E-state index in [1.165, 1.54) is 0 Å². The second-order valence-electron chi connectivity index (χ2n) is 6.50. The Morgan fingerprint density at radius 2 is 1.32 bits per heavy atom. The van der Waals surface area contributed by atoms with Gasteiger partial charge in [-0.05, 0) is 36.8 Å². The molecule has 0 aromatic heterocycles. The highest BCUT2D eigenvalue weighted by atomic mass is 31.2. The molecule has 3 rings (SSSR count). The fraction of sp³-hybridized carbons (Fsp3) is 0.0833. The van der Waals surface area contributed by atoms with E-state index in [0.29, 0.717) is 10.9 Å². The van der Waals surface area contributed by atoms with Gasteiger partial charge in [-0.25, -0.2) is 0 Å². The Labute approximate surface area is 180 Å². The molecule has 0 aliphatic rings. The van der Waals surface area contributed by atoms with Gasteiger partial charge in [0.25, 0.3) is 13.3 Å². The maximum absolute atomic E-state index is 14.3. The summed E-state index contributed by atoms with van der Waals surface area (Å²) in [5.74, 6) is -2.33. The Balaban J connectivity index is 2.27. The van der Waals surface area contributed by atoms with Crippen LogP contribution < -0.4 is 15.7 Å². The van der Waals surface area contributed by atoms with Crippen molar-refractivity contribution in [2.45, 2.75) is 6.92 Å². The summed E-state index contributed by atoms with van der Waals surface area (Å²) in [5, 5.41) is 14.8. The summed E-state index contributed by atoms with van der Waals surface area (Å²) in [4.78, 5) is 25.0. The Bertz CT molecular complexity index is 1130. The predicted octanol–water partition coefficient (Wildman–Crippen LogP) is 3.18. The molecule has 6 nitrogen and oxygen atoms in total. The Kier molecular flexibility index (Phi) is 7.19. The molecule has 7 heteroatoms. The molecular weight excluding hydrogens is 413 g/mol. The molecule has 0 fully saturated rings. The lowest BCUT2D eigenvalue weighted by Gasteiger charge is -2.25. The first-order chi connectivity index (χ1) is 15.0. The van der Waals surface area contributed by atoms with Crippen LogP contribution in [-0.4, -0.2) is 18.5 Å². The van der Waals surface area contributed by atoms with E-state index in [2.05, 4.69) is 5.32 Å². The lowest BCUT2D eigenvalue weighted by atomic mass is 10.1. The third-order valence-corrected chi connectivity index (χ3v) is 7.13. The van der Waals surface area contributed by atoms with Crippen molar-refractivity contribution < 1.29 is 23.8 Å². The molecule has 0 radical (unpaired) electrons. The monoisotopic (exact) mass is 434 g/mol. The standard InChI is InChI=1S/C24H22NO5P/c1-2-30-31(29,20-16-10-5-11-17-20)22(18-12-6-3-7-13-18)21(24(27)28)25-23(26)19-14-8-4-9-15-19/h3-17H,2H2,1H3,(H,25,26)(H,27,28)/p-1/b22-21+/t31-/m0/s1. The largest absolute Gasteiger partial charge is 0.543 e. The van der Waals surface area contributed by atoms with Crippen LogP contribution >= 0.6 is 7.37 Å². The van der Waals surface area contributed by atoms with Crippen molar-refractivity contribution in [3.05, 3.63) is 108 Å². The van der Waals surface area contributed by atoms with Gasteiger partial charge in [-0.15, -0.1) is 0 Å². The zero-order valence-electron chi connectivity index (χ0n) is 16.9. The number of rotatable bonds is 8. The first kappa shape index (κ1) is 22.2. The van der Waals surface area contributed by atoms with Crippen LogP contribution in [-0.2, 0) is 13.9 Å². The van der Waals surface area contributed by atoms with Crippen LogP contribution in [0.25, 0.3) is 5.31 Å². The Morgan fingerprint density at radius 1 is 0.839 bits per heavy atom. The van der Waals surface area contributed by atoms with E-state index in [4.69, 9.17) is 4.52 Å². The number of hydrogen-bond acceptors (Lipinski definition) is 5. The fourth-order valence-corrected chi connectivity index (χ4v) is 5.51. The molecular formula is C24H21NO5P-. The second kappa shape index (κ2) is 10.0. The number of carboxylic acids is 1. The molecule has 0 heterocycles. The maximum atomic E-state index is 14.3. The van der Waals surface area contributed by atoms with E-state index in [0.717, 1.165) is 0 Å². The van der Waals surface area contributed by atoms with Crippen LogP contribution in [0.2, 0.25) is 0 Å². The maximum Gasteiger partial charge on any atom is 0.264 e. The number of carbonyl (C=O) groups is 2.